The van der Waals surface area contributed by atoms with Crippen LogP contribution in [0, 0.1) is 0 Å². The molecule has 2 heterocycles. The molecular weight excluding hydrogens is 196 g/mol. The van der Waals surface area contributed by atoms with Gasteiger partial charge in [-0.2, -0.15) is 0 Å². The van der Waals surface area contributed by atoms with Crippen molar-refractivity contribution in [3.05, 3.63) is 22.4 Å². The number of hydrogen-bond acceptors (Lipinski definition) is 3. The molecule has 1 amide bonds. The summed E-state index contributed by atoms with van der Waals surface area (Å²) in [5.74, 6) is 0.118. The zero-order valence-corrected chi connectivity index (χ0v) is 8.77. The van der Waals surface area contributed by atoms with E-state index in [0.717, 1.165) is 19.4 Å². The summed E-state index contributed by atoms with van der Waals surface area (Å²) in [6.45, 7) is 1.37. The lowest BCUT2D eigenvalue weighted by Crippen LogP contribution is -2.52. The van der Waals surface area contributed by atoms with Gasteiger partial charge < -0.3 is 10.6 Å². The molecule has 1 aliphatic rings. The largest absolute Gasteiger partial charge is 0.351 e. The minimum Gasteiger partial charge on any atom is -0.351 e. The van der Waals surface area contributed by atoms with E-state index in [2.05, 4.69) is 28.1 Å². The first-order valence-electron chi connectivity index (χ1n) is 4.87. The van der Waals surface area contributed by atoms with Crippen molar-refractivity contribution in [1.29, 1.82) is 0 Å². The van der Waals surface area contributed by atoms with Gasteiger partial charge >= 0.3 is 0 Å². The van der Waals surface area contributed by atoms with Gasteiger partial charge in [-0.25, -0.2) is 0 Å². The van der Waals surface area contributed by atoms with Crippen LogP contribution in [0.3, 0.4) is 0 Å². The summed E-state index contributed by atoms with van der Waals surface area (Å²) in [7, 11) is 0. The number of carbonyl (C=O) groups excluding carboxylic acids is 1. The molecule has 1 aromatic rings. The van der Waals surface area contributed by atoms with E-state index in [9.17, 15) is 4.79 Å². The average Bonchev–Trinajstić information content (AvgIpc) is 2.67. The Balaban J connectivity index is 1.77. The number of carbonyl (C=O) groups is 1. The Morgan fingerprint density at radius 2 is 2.50 bits per heavy atom. The topological polar surface area (TPSA) is 41.1 Å². The Morgan fingerprint density at radius 3 is 3.21 bits per heavy atom. The van der Waals surface area contributed by atoms with Crippen LogP contribution in [0.2, 0.25) is 0 Å². The monoisotopic (exact) mass is 210 g/mol. The summed E-state index contributed by atoms with van der Waals surface area (Å²) in [5, 5.41) is 8.18. The van der Waals surface area contributed by atoms with Crippen LogP contribution in [0.25, 0.3) is 0 Å². The molecule has 0 saturated carbocycles. The van der Waals surface area contributed by atoms with Crippen LogP contribution in [0.5, 0.6) is 0 Å². The van der Waals surface area contributed by atoms with Crippen LogP contribution in [0.4, 0.5) is 0 Å². The minimum absolute atomic E-state index is 0.118. The molecule has 0 aliphatic carbocycles. The molecule has 1 aromatic heterocycles. The Hall–Kier alpha value is -0.870. The van der Waals surface area contributed by atoms with Gasteiger partial charge in [0.15, 0.2) is 0 Å². The number of nitrogens with one attached hydrogen (secondary N) is 2. The highest BCUT2D eigenvalue weighted by atomic mass is 32.1. The highest BCUT2D eigenvalue weighted by Gasteiger charge is 2.16. The van der Waals surface area contributed by atoms with Gasteiger partial charge in [-0.15, -0.1) is 11.3 Å². The van der Waals surface area contributed by atoms with E-state index in [-0.39, 0.29) is 5.91 Å². The van der Waals surface area contributed by atoms with Gasteiger partial charge in [-0.05, 0) is 24.3 Å². The molecule has 0 bridgehead atoms. The Bertz CT molecular complexity index is 297. The molecule has 1 aliphatic heterocycles. The van der Waals surface area contributed by atoms with Gasteiger partial charge in [0.25, 0.3) is 0 Å². The molecule has 1 unspecified atom stereocenters. The number of piperazine rings is 1. The predicted molar refractivity (Wildman–Crippen MR) is 57.4 cm³/mol. The normalized spacial score (nSPS) is 22.0. The third kappa shape index (κ3) is 2.56. The molecule has 0 radical (unpaired) electrons. The first-order valence-corrected chi connectivity index (χ1v) is 5.75. The van der Waals surface area contributed by atoms with Crippen molar-refractivity contribution < 1.29 is 4.79 Å². The van der Waals surface area contributed by atoms with E-state index < -0.39 is 0 Å². The summed E-state index contributed by atoms with van der Waals surface area (Å²) in [5.41, 5.74) is 0. The lowest BCUT2D eigenvalue weighted by molar-refractivity contribution is -0.122. The highest BCUT2D eigenvalue weighted by molar-refractivity contribution is 7.09. The van der Waals surface area contributed by atoms with E-state index in [4.69, 9.17) is 0 Å². The summed E-state index contributed by atoms with van der Waals surface area (Å²) >= 11 is 1.78. The molecule has 4 heteroatoms. The fourth-order valence-electron chi connectivity index (χ4n) is 1.64. The van der Waals surface area contributed by atoms with Gasteiger partial charge in [-0.1, -0.05) is 6.07 Å². The number of thiophene rings is 1. The van der Waals surface area contributed by atoms with E-state index in [0.29, 0.717) is 12.6 Å². The third-order valence-corrected chi connectivity index (χ3v) is 3.30. The van der Waals surface area contributed by atoms with Crippen molar-refractivity contribution >= 4 is 17.2 Å². The van der Waals surface area contributed by atoms with Crippen LogP contribution in [-0.2, 0) is 11.2 Å². The third-order valence-electron chi connectivity index (χ3n) is 2.36. The molecule has 2 rings (SSSR count). The first kappa shape index (κ1) is 9.68. The van der Waals surface area contributed by atoms with Crippen molar-refractivity contribution in [1.82, 2.24) is 10.6 Å². The maximum absolute atomic E-state index is 11.1. The average molecular weight is 210 g/mol. The van der Waals surface area contributed by atoms with Crippen molar-refractivity contribution in [3.8, 4) is 0 Å². The SMILES string of the molecule is O=C1CNCC(CCc2cccs2)N1. The smallest absolute Gasteiger partial charge is 0.234 e. The molecular formula is C10H14N2OS. The van der Waals surface area contributed by atoms with Gasteiger partial charge in [0, 0.05) is 17.5 Å². The van der Waals surface area contributed by atoms with Crippen molar-refractivity contribution in [3.63, 3.8) is 0 Å². The zero-order chi connectivity index (χ0) is 9.80. The van der Waals surface area contributed by atoms with Crippen LogP contribution in [0.15, 0.2) is 17.5 Å². The Morgan fingerprint density at radius 1 is 1.57 bits per heavy atom. The fourth-order valence-corrected chi connectivity index (χ4v) is 2.36. The second kappa shape index (κ2) is 4.57. The van der Waals surface area contributed by atoms with Gasteiger partial charge in [0.2, 0.25) is 5.91 Å². The zero-order valence-electron chi connectivity index (χ0n) is 7.95. The molecule has 2 N–H and O–H groups in total. The molecule has 76 valence electrons. The quantitative estimate of drug-likeness (QED) is 0.773. The lowest BCUT2D eigenvalue weighted by atomic mass is 10.1. The second-order valence-corrected chi connectivity index (χ2v) is 4.55. The molecule has 1 atom stereocenters. The summed E-state index contributed by atoms with van der Waals surface area (Å²) < 4.78 is 0. The van der Waals surface area contributed by atoms with E-state index in [1.807, 2.05) is 0 Å². The number of amides is 1. The van der Waals surface area contributed by atoms with Crippen molar-refractivity contribution in [2.24, 2.45) is 0 Å². The van der Waals surface area contributed by atoms with Gasteiger partial charge in [0.1, 0.15) is 0 Å². The maximum atomic E-state index is 11.1. The summed E-state index contributed by atoms with van der Waals surface area (Å²) in [6.07, 6.45) is 2.09. The Labute approximate surface area is 87.5 Å². The first-order chi connectivity index (χ1) is 6.84. The van der Waals surface area contributed by atoms with E-state index in [1.165, 1.54) is 4.88 Å². The molecule has 0 spiro atoms. The van der Waals surface area contributed by atoms with E-state index in [1.54, 1.807) is 11.3 Å². The fraction of sp³-hybridized carbons (Fsp3) is 0.500. The molecule has 3 nitrogen and oxygen atoms in total. The van der Waals surface area contributed by atoms with Gasteiger partial charge in [-0.3, -0.25) is 4.79 Å². The molecule has 0 aromatic carbocycles. The van der Waals surface area contributed by atoms with Crippen LogP contribution < -0.4 is 10.6 Å². The van der Waals surface area contributed by atoms with Gasteiger partial charge in [0.05, 0.1) is 6.54 Å². The number of aryl methyl sites for hydroxylation is 1. The molecule has 14 heavy (non-hydrogen) atoms. The van der Waals surface area contributed by atoms with E-state index >= 15 is 0 Å². The maximum Gasteiger partial charge on any atom is 0.234 e. The van der Waals surface area contributed by atoms with Crippen LogP contribution >= 0.6 is 11.3 Å². The summed E-state index contributed by atoms with van der Waals surface area (Å²) in [4.78, 5) is 12.5. The number of rotatable bonds is 3. The molecule has 1 saturated heterocycles. The predicted octanol–water partition coefficient (Wildman–Crippen LogP) is 0.769. The Kier molecular flexibility index (Phi) is 3.16. The standard InChI is InChI=1S/C10H14N2OS/c13-10-7-11-6-8(12-10)3-4-9-2-1-5-14-9/h1-2,5,8,11H,3-4,6-7H2,(H,12,13). The number of hydrogen-bond donors (Lipinski definition) is 2. The van der Waals surface area contributed by atoms with Crippen molar-refractivity contribution in [2.75, 3.05) is 13.1 Å². The van der Waals surface area contributed by atoms with Crippen LogP contribution in [-0.4, -0.2) is 25.0 Å². The lowest BCUT2D eigenvalue weighted by Gasteiger charge is -2.23. The second-order valence-electron chi connectivity index (χ2n) is 3.51. The highest BCUT2D eigenvalue weighted by Crippen LogP contribution is 2.12. The van der Waals surface area contributed by atoms with Crippen LogP contribution in [0.1, 0.15) is 11.3 Å². The molecule has 1 fully saturated rings. The minimum atomic E-state index is 0.118. The van der Waals surface area contributed by atoms with Crippen molar-refractivity contribution in [2.45, 2.75) is 18.9 Å². The summed E-state index contributed by atoms with van der Waals surface area (Å²) in [6, 6.07) is 4.51.